The molecule has 1 unspecified atom stereocenters. The standard InChI is InChI=1S/C16H23NO2/c1-10-7-11(2)15(12(3)8-10)9-17(14-5-6-14)13(4)16(18)19/h7-8,13-14H,5-6,9H2,1-4H3,(H,18,19). The SMILES string of the molecule is Cc1cc(C)c(CN(C2CC2)C(C)C(=O)O)c(C)c1. The lowest BCUT2D eigenvalue weighted by Crippen LogP contribution is -2.40. The first kappa shape index (κ1) is 14.1. The molecule has 0 amide bonds. The number of hydrogen-bond donors (Lipinski definition) is 1. The second kappa shape index (κ2) is 5.33. The minimum atomic E-state index is -0.727. The molecule has 0 spiro atoms. The summed E-state index contributed by atoms with van der Waals surface area (Å²) in [6, 6.07) is 4.40. The number of carbonyl (C=O) groups is 1. The van der Waals surface area contributed by atoms with Crippen molar-refractivity contribution in [2.45, 2.75) is 59.2 Å². The van der Waals surface area contributed by atoms with Crippen LogP contribution in [0.1, 0.15) is 42.0 Å². The molecule has 0 aromatic heterocycles. The highest BCUT2D eigenvalue weighted by Gasteiger charge is 2.35. The Morgan fingerprint density at radius 2 is 1.84 bits per heavy atom. The van der Waals surface area contributed by atoms with E-state index in [2.05, 4.69) is 37.8 Å². The summed E-state index contributed by atoms with van der Waals surface area (Å²) >= 11 is 0. The van der Waals surface area contributed by atoms with Crippen molar-refractivity contribution in [3.8, 4) is 0 Å². The van der Waals surface area contributed by atoms with Crippen molar-refractivity contribution < 1.29 is 9.90 Å². The van der Waals surface area contributed by atoms with Crippen molar-refractivity contribution in [1.82, 2.24) is 4.90 Å². The number of carboxylic acid groups (broad SMARTS) is 1. The molecule has 1 aliphatic carbocycles. The molecule has 1 fully saturated rings. The van der Waals surface area contributed by atoms with Crippen molar-refractivity contribution >= 4 is 5.97 Å². The Hall–Kier alpha value is -1.35. The maximum Gasteiger partial charge on any atom is 0.320 e. The molecule has 0 saturated heterocycles. The molecular formula is C16H23NO2. The lowest BCUT2D eigenvalue weighted by atomic mass is 9.99. The van der Waals surface area contributed by atoms with Gasteiger partial charge in [-0.05, 0) is 57.2 Å². The number of aryl methyl sites for hydroxylation is 3. The predicted octanol–water partition coefficient (Wildman–Crippen LogP) is 3.05. The van der Waals surface area contributed by atoms with Crippen LogP contribution in [0.15, 0.2) is 12.1 Å². The van der Waals surface area contributed by atoms with Crippen LogP contribution in [0.25, 0.3) is 0 Å². The molecule has 0 heterocycles. The quantitative estimate of drug-likeness (QED) is 0.885. The van der Waals surface area contributed by atoms with E-state index in [1.54, 1.807) is 6.92 Å². The Kier molecular flexibility index (Phi) is 3.95. The lowest BCUT2D eigenvalue weighted by molar-refractivity contribution is -0.143. The third kappa shape index (κ3) is 3.16. The minimum Gasteiger partial charge on any atom is -0.480 e. The monoisotopic (exact) mass is 261 g/mol. The molecule has 1 aromatic carbocycles. The fraction of sp³-hybridized carbons (Fsp3) is 0.562. The van der Waals surface area contributed by atoms with Gasteiger partial charge in [0.1, 0.15) is 6.04 Å². The molecule has 0 radical (unpaired) electrons. The second-order valence-electron chi connectivity index (χ2n) is 5.79. The average molecular weight is 261 g/mol. The van der Waals surface area contributed by atoms with Crippen LogP contribution in [-0.4, -0.2) is 28.1 Å². The van der Waals surface area contributed by atoms with E-state index < -0.39 is 12.0 Å². The van der Waals surface area contributed by atoms with E-state index in [-0.39, 0.29) is 0 Å². The summed E-state index contributed by atoms with van der Waals surface area (Å²) in [5.74, 6) is -0.727. The number of benzene rings is 1. The van der Waals surface area contributed by atoms with Crippen molar-refractivity contribution in [2.24, 2.45) is 0 Å². The number of aliphatic carboxylic acids is 1. The van der Waals surface area contributed by atoms with Crippen LogP contribution in [0, 0.1) is 20.8 Å². The maximum atomic E-state index is 11.2. The second-order valence-corrected chi connectivity index (χ2v) is 5.79. The van der Waals surface area contributed by atoms with Crippen molar-refractivity contribution in [2.75, 3.05) is 0 Å². The van der Waals surface area contributed by atoms with E-state index in [1.165, 1.54) is 22.3 Å². The van der Waals surface area contributed by atoms with Crippen LogP contribution in [-0.2, 0) is 11.3 Å². The maximum absolute atomic E-state index is 11.2. The largest absolute Gasteiger partial charge is 0.480 e. The van der Waals surface area contributed by atoms with Crippen molar-refractivity contribution in [3.63, 3.8) is 0 Å². The van der Waals surface area contributed by atoms with Crippen LogP contribution >= 0.6 is 0 Å². The van der Waals surface area contributed by atoms with Gasteiger partial charge >= 0.3 is 5.97 Å². The Morgan fingerprint density at radius 1 is 1.32 bits per heavy atom. The predicted molar refractivity (Wildman–Crippen MR) is 76.3 cm³/mol. The van der Waals surface area contributed by atoms with E-state index in [0.29, 0.717) is 6.04 Å². The summed E-state index contributed by atoms with van der Waals surface area (Å²) in [6.45, 7) is 8.87. The first-order chi connectivity index (χ1) is 8.90. The fourth-order valence-electron chi connectivity index (χ4n) is 2.77. The zero-order chi connectivity index (χ0) is 14.2. The summed E-state index contributed by atoms with van der Waals surface area (Å²) in [7, 11) is 0. The molecule has 1 aliphatic rings. The van der Waals surface area contributed by atoms with Gasteiger partial charge in [-0.2, -0.15) is 0 Å². The minimum absolute atomic E-state index is 0.410. The topological polar surface area (TPSA) is 40.5 Å². The highest BCUT2D eigenvalue weighted by atomic mass is 16.4. The Balaban J connectivity index is 2.25. The van der Waals surface area contributed by atoms with Gasteiger partial charge in [0, 0.05) is 12.6 Å². The number of rotatable bonds is 5. The molecule has 0 aliphatic heterocycles. The highest BCUT2D eigenvalue weighted by molar-refractivity contribution is 5.73. The van der Waals surface area contributed by atoms with Crippen molar-refractivity contribution in [1.29, 1.82) is 0 Å². The third-order valence-electron chi connectivity index (χ3n) is 4.05. The molecule has 1 saturated carbocycles. The number of nitrogens with zero attached hydrogens (tertiary/aromatic N) is 1. The zero-order valence-electron chi connectivity index (χ0n) is 12.2. The molecule has 1 atom stereocenters. The van der Waals surface area contributed by atoms with Gasteiger partial charge in [0.2, 0.25) is 0 Å². The number of hydrogen-bond acceptors (Lipinski definition) is 2. The van der Waals surface area contributed by atoms with E-state index in [4.69, 9.17) is 0 Å². The van der Waals surface area contributed by atoms with Gasteiger partial charge in [-0.25, -0.2) is 0 Å². The van der Waals surface area contributed by atoms with Crippen molar-refractivity contribution in [3.05, 3.63) is 34.4 Å². The Labute approximate surface area is 115 Å². The van der Waals surface area contributed by atoms with Crippen LogP contribution < -0.4 is 0 Å². The first-order valence-electron chi connectivity index (χ1n) is 6.95. The summed E-state index contributed by atoms with van der Waals surface area (Å²) in [5.41, 5.74) is 5.08. The molecule has 3 heteroatoms. The molecule has 104 valence electrons. The smallest absolute Gasteiger partial charge is 0.320 e. The van der Waals surface area contributed by atoms with Gasteiger partial charge < -0.3 is 5.11 Å². The third-order valence-corrected chi connectivity index (χ3v) is 4.05. The highest BCUT2D eigenvalue weighted by Crippen LogP contribution is 2.31. The first-order valence-corrected chi connectivity index (χ1v) is 6.95. The van der Waals surface area contributed by atoms with Crippen LogP contribution in [0.2, 0.25) is 0 Å². The molecule has 1 aromatic rings. The Morgan fingerprint density at radius 3 is 2.26 bits per heavy atom. The van der Waals surface area contributed by atoms with Gasteiger partial charge in [0.15, 0.2) is 0 Å². The molecule has 3 nitrogen and oxygen atoms in total. The normalized spacial score (nSPS) is 16.7. The molecular weight excluding hydrogens is 238 g/mol. The van der Waals surface area contributed by atoms with Crippen LogP contribution in [0.4, 0.5) is 0 Å². The van der Waals surface area contributed by atoms with Crippen LogP contribution in [0.5, 0.6) is 0 Å². The van der Waals surface area contributed by atoms with Gasteiger partial charge in [-0.15, -0.1) is 0 Å². The van der Waals surface area contributed by atoms with Gasteiger partial charge in [-0.3, -0.25) is 9.69 Å². The summed E-state index contributed by atoms with van der Waals surface area (Å²) < 4.78 is 0. The van der Waals surface area contributed by atoms with Gasteiger partial charge in [0.25, 0.3) is 0 Å². The molecule has 2 rings (SSSR count). The van der Waals surface area contributed by atoms with Crippen LogP contribution in [0.3, 0.4) is 0 Å². The fourth-order valence-corrected chi connectivity index (χ4v) is 2.77. The molecule has 0 bridgehead atoms. The summed E-state index contributed by atoms with van der Waals surface area (Å²) in [6.07, 6.45) is 2.25. The van der Waals surface area contributed by atoms with E-state index in [9.17, 15) is 9.90 Å². The van der Waals surface area contributed by atoms with E-state index in [1.807, 2.05) is 0 Å². The summed E-state index contributed by atoms with van der Waals surface area (Å²) in [4.78, 5) is 13.4. The van der Waals surface area contributed by atoms with E-state index in [0.717, 1.165) is 19.4 Å². The molecule has 1 N–H and O–H groups in total. The molecule has 19 heavy (non-hydrogen) atoms. The van der Waals surface area contributed by atoms with E-state index >= 15 is 0 Å². The number of carboxylic acids is 1. The average Bonchev–Trinajstić information content (AvgIpc) is 3.11. The van der Waals surface area contributed by atoms with Gasteiger partial charge in [0.05, 0.1) is 0 Å². The van der Waals surface area contributed by atoms with Gasteiger partial charge in [-0.1, -0.05) is 17.7 Å². The lowest BCUT2D eigenvalue weighted by Gasteiger charge is -2.27. The zero-order valence-corrected chi connectivity index (χ0v) is 12.2. The Bertz CT molecular complexity index is 469. The summed E-state index contributed by atoms with van der Waals surface area (Å²) in [5, 5.41) is 9.25.